The van der Waals surface area contributed by atoms with Crippen LogP contribution in [0.1, 0.15) is 54.0 Å². The van der Waals surface area contributed by atoms with E-state index in [2.05, 4.69) is 63.7 Å². The van der Waals surface area contributed by atoms with Crippen LogP contribution in [0.25, 0.3) is 5.69 Å². The number of nitrogens with zero attached hydrogens (tertiary/aromatic N) is 2. The van der Waals surface area contributed by atoms with E-state index in [1.807, 2.05) is 63.2 Å². The van der Waals surface area contributed by atoms with Gasteiger partial charge < -0.3 is 18.5 Å². The summed E-state index contributed by atoms with van der Waals surface area (Å²) in [6.07, 6.45) is 1.58. The molecule has 0 saturated carbocycles. The number of nitrogens with one attached hydrogen (secondary N) is 1. The molecule has 0 bridgehead atoms. The summed E-state index contributed by atoms with van der Waals surface area (Å²) in [5, 5.41) is 4.05. The molecule has 2 aromatic heterocycles. The van der Waals surface area contributed by atoms with Crippen molar-refractivity contribution in [2.45, 2.75) is 46.8 Å². The third kappa shape index (κ3) is 7.03. The number of hydrogen-bond donors (Lipinski definition) is 1. The van der Waals surface area contributed by atoms with E-state index >= 15 is 0 Å². The maximum absolute atomic E-state index is 12.4. The normalized spacial score (nSPS) is 11.6. The van der Waals surface area contributed by atoms with E-state index in [1.54, 1.807) is 18.3 Å². The molecule has 0 aliphatic rings. The SMILES string of the molecule is Cc1ccc(C)n1-c1ccc(OCc2ccc(C(=O)N/N=C/c3ccc(OC(C)(C)C)c(I)c3)o2)cc1. The van der Waals surface area contributed by atoms with Crippen molar-refractivity contribution in [3.05, 3.63) is 98.8 Å². The van der Waals surface area contributed by atoms with Crippen LogP contribution in [0.2, 0.25) is 0 Å². The maximum Gasteiger partial charge on any atom is 0.307 e. The fraction of sp³-hybridized carbons (Fsp3) is 0.241. The number of carbonyl (C=O) groups excluding carboxylic acids is 1. The van der Waals surface area contributed by atoms with Crippen molar-refractivity contribution < 1.29 is 18.7 Å². The van der Waals surface area contributed by atoms with Crippen LogP contribution in [0.3, 0.4) is 0 Å². The summed E-state index contributed by atoms with van der Waals surface area (Å²) < 4.78 is 20.5. The minimum absolute atomic E-state index is 0.160. The fourth-order valence-corrected chi connectivity index (χ4v) is 4.38. The van der Waals surface area contributed by atoms with Gasteiger partial charge in [-0.1, -0.05) is 0 Å². The molecule has 37 heavy (non-hydrogen) atoms. The third-order valence-corrected chi connectivity index (χ3v) is 6.23. The molecule has 0 spiro atoms. The summed E-state index contributed by atoms with van der Waals surface area (Å²) in [6, 6.07) is 21.1. The first-order valence-electron chi connectivity index (χ1n) is 11.9. The Morgan fingerprint density at radius 1 is 1.03 bits per heavy atom. The summed E-state index contributed by atoms with van der Waals surface area (Å²) in [6.45, 7) is 10.4. The van der Waals surface area contributed by atoms with Gasteiger partial charge in [-0.05, 0) is 130 Å². The van der Waals surface area contributed by atoms with Crippen LogP contribution < -0.4 is 14.9 Å². The van der Waals surface area contributed by atoms with Gasteiger partial charge in [0, 0.05) is 17.1 Å². The smallest absolute Gasteiger partial charge is 0.307 e. The quantitative estimate of drug-likeness (QED) is 0.135. The van der Waals surface area contributed by atoms with Crippen LogP contribution in [-0.2, 0) is 6.61 Å². The van der Waals surface area contributed by atoms with Crippen molar-refractivity contribution in [2.75, 3.05) is 0 Å². The molecule has 0 unspecified atom stereocenters. The van der Waals surface area contributed by atoms with Crippen LogP contribution in [0.4, 0.5) is 0 Å². The van der Waals surface area contributed by atoms with Crippen molar-refractivity contribution in [3.63, 3.8) is 0 Å². The van der Waals surface area contributed by atoms with Crippen LogP contribution >= 0.6 is 22.6 Å². The van der Waals surface area contributed by atoms with E-state index in [4.69, 9.17) is 13.9 Å². The van der Waals surface area contributed by atoms with Gasteiger partial charge in [-0.3, -0.25) is 4.79 Å². The lowest BCUT2D eigenvalue weighted by Crippen LogP contribution is -2.23. The number of hydrazone groups is 1. The number of amides is 1. The fourth-order valence-electron chi connectivity index (χ4n) is 3.73. The predicted molar refractivity (Wildman–Crippen MR) is 153 cm³/mol. The summed E-state index contributed by atoms with van der Waals surface area (Å²) in [4.78, 5) is 12.4. The maximum atomic E-state index is 12.4. The molecular weight excluding hydrogens is 581 g/mol. The first-order chi connectivity index (χ1) is 17.6. The van der Waals surface area contributed by atoms with Gasteiger partial charge in [0.15, 0.2) is 5.76 Å². The van der Waals surface area contributed by atoms with Crippen LogP contribution in [0, 0.1) is 17.4 Å². The van der Waals surface area contributed by atoms with E-state index in [9.17, 15) is 4.79 Å². The van der Waals surface area contributed by atoms with Gasteiger partial charge >= 0.3 is 5.91 Å². The third-order valence-electron chi connectivity index (χ3n) is 5.38. The minimum Gasteiger partial charge on any atom is -0.487 e. The Bertz CT molecular complexity index is 1390. The first kappa shape index (κ1) is 26.5. The van der Waals surface area contributed by atoms with Gasteiger partial charge in [0.25, 0.3) is 0 Å². The number of benzene rings is 2. The number of aromatic nitrogens is 1. The number of rotatable bonds is 8. The molecule has 4 rings (SSSR count). The summed E-state index contributed by atoms with van der Waals surface area (Å²) in [5.41, 5.74) is 6.49. The second-order valence-electron chi connectivity index (χ2n) is 9.60. The van der Waals surface area contributed by atoms with Gasteiger partial charge in [0.05, 0.1) is 9.78 Å². The second kappa shape index (κ2) is 11.2. The topological polar surface area (TPSA) is 78.0 Å². The largest absolute Gasteiger partial charge is 0.487 e. The average molecular weight is 611 g/mol. The highest BCUT2D eigenvalue weighted by Crippen LogP contribution is 2.25. The number of halogens is 1. The molecular formula is C29H30IN3O4. The Balaban J connectivity index is 1.29. The number of hydrogen-bond acceptors (Lipinski definition) is 5. The van der Waals surface area contributed by atoms with Crippen molar-refractivity contribution in [2.24, 2.45) is 5.10 Å². The van der Waals surface area contributed by atoms with Gasteiger partial charge in [0.1, 0.15) is 29.5 Å². The minimum atomic E-state index is -0.438. The van der Waals surface area contributed by atoms with Crippen LogP contribution in [0.15, 0.2) is 76.2 Å². The van der Waals surface area contributed by atoms with E-state index in [0.29, 0.717) is 11.5 Å². The highest BCUT2D eigenvalue weighted by Gasteiger charge is 2.14. The van der Waals surface area contributed by atoms with E-state index < -0.39 is 5.91 Å². The van der Waals surface area contributed by atoms with Gasteiger partial charge in [-0.2, -0.15) is 5.10 Å². The lowest BCUT2D eigenvalue weighted by molar-refractivity contribution is 0.0923. The predicted octanol–water partition coefficient (Wildman–Crippen LogP) is 6.81. The molecule has 0 atom stereocenters. The molecule has 7 nitrogen and oxygen atoms in total. The number of aryl methyl sites for hydroxylation is 2. The number of carbonyl (C=O) groups is 1. The Morgan fingerprint density at radius 2 is 1.73 bits per heavy atom. The molecule has 2 heterocycles. The highest BCUT2D eigenvalue weighted by molar-refractivity contribution is 14.1. The molecule has 0 radical (unpaired) electrons. The average Bonchev–Trinajstić information content (AvgIpc) is 3.45. The zero-order chi connectivity index (χ0) is 26.6. The van der Waals surface area contributed by atoms with E-state index in [0.717, 1.165) is 20.6 Å². The molecule has 192 valence electrons. The summed E-state index contributed by atoms with van der Waals surface area (Å²) in [5.74, 6) is 1.78. The monoisotopic (exact) mass is 611 g/mol. The zero-order valence-electron chi connectivity index (χ0n) is 21.5. The molecule has 0 saturated heterocycles. The van der Waals surface area contributed by atoms with E-state index in [-0.39, 0.29) is 18.0 Å². The lowest BCUT2D eigenvalue weighted by atomic mass is 10.2. The lowest BCUT2D eigenvalue weighted by Gasteiger charge is -2.22. The zero-order valence-corrected chi connectivity index (χ0v) is 23.7. The Hall–Kier alpha value is -3.53. The molecule has 4 aromatic rings. The Labute approximate surface area is 230 Å². The van der Waals surface area contributed by atoms with Crippen molar-refractivity contribution in [1.82, 2.24) is 9.99 Å². The Morgan fingerprint density at radius 3 is 2.38 bits per heavy atom. The standard InChI is InChI=1S/C29H30IN3O4/c1-19-6-7-20(2)33(19)22-9-11-23(12-10-22)35-18-24-13-15-27(36-24)28(34)32-31-17-21-8-14-26(25(30)16-21)37-29(3,4)5/h6-17H,18H2,1-5H3,(H,32,34)/b31-17+. The molecule has 1 amide bonds. The van der Waals surface area contributed by atoms with E-state index in [1.165, 1.54) is 11.4 Å². The molecule has 1 N–H and O–H groups in total. The van der Waals surface area contributed by atoms with Crippen molar-refractivity contribution in [3.8, 4) is 17.2 Å². The molecule has 0 aliphatic heterocycles. The van der Waals surface area contributed by atoms with Crippen molar-refractivity contribution in [1.29, 1.82) is 0 Å². The number of ether oxygens (including phenoxy) is 2. The summed E-state index contributed by atoms with van der Waals surface area (Å²) >= 11 is 2.22. The van der Waals surface area contributed by atoms with Gasteiger partial charge in [-0.15, -0.1) is 0 Å². The molecule has 0 fully saturated rings. The van der Waals surface area contributed by atoms with Crippen molar-refractivity contribution >= 4 is 34.7 Å². The molecule has 8 heteroatoms. The molecule has 2 aromatic carbocycles. The number of furan rings is 1. The Kier molecular flexibility index (Phi) is 8.06. The summed E-state index contributed by atoms with van der Waals surface area (Å²) in [7, 11) is 0. The van der Waals surface area contributed by atoms with Gasteiger partial charge in [-0.25, -0.2) is 5.43 Å². The molecule has 0 aliphatic carbocycles. The van der Waals surface area contributed by atoms with Gasteiger partial charge in [0.2, 0.25) is 0 Å². The second-order valence-corrected chi connectivity index (χ2v) is 10.8. The highest BCUT2D eigenvalue weighted by atomic mass is 127. The van der Waals surface area contributed by atoms with Crippen LogP contribution in [0.5, 0.6) is 11.5 Å². The van der Waals surface area contributed by atoms with Crippen LogP contribution in [-0.4, -0.2) is 22.3 Å². The first-order valence-corrected chi connectivity index (χ1v) is 13.0.